The third-order valence-electron chi connectivity index (χ3n) is 6.23. The van der Waals surface area contributed by atoms with E-state index in [-0.39, 0.29) is 24.9 Å². The topological polar surface area (TPSA) is 97.4 Å². The molecule has 0 heterocycles. The number of nitrogens with zero attached hydrogens (tertiary/aromatic N) is 4. The van der Waals surface area contributed by atoms with Gasteiger partial charge in [0.05, 0.1) is 25.4 Å². The molecule has 0 radical (unpaired) electrons. The van der Waals surface area contributed by atoms with E-state index in [2.05, 4.69) is 26.0 Å². The van der Waals surface area contributed by atoms with Gasteiger partial charge in [-0.2, -0.15) is 10.5 Å². The zero-order chi connectivity index (χ0) is 26.0. The highest BCUT2D eigenvalue weighted by atomic mass is 16.5. The molecule has 0 fully saturated rings. The van der Waals surface area contributed by atoms with Crippen molar-refractivity contribution in [2.75, 3.05) is 39.4 Å². The molecule has 0 aromatic heterocycles. The average Bonchev–Trinajstić information content (AvgIpc) is 2.85. The van der Waals surface area contributed by atoms with Gasteiger partial charge in [-0.15, -0.1) is 0 Å². The van der Waals surface area contributed by atoms with Crippen molar-refractivity contribution < 1.29 is 14.3 Å². The van der Waals surface area contributed by atoms with Gasteiger partial charge < -0.3 is 14.5 Å². The average molecular weight is 491 g/mol. The van der Waals surface area contributed by atoms with Gasteiger partial charge in [-0.3, -0.25) is 9.59 Å². The zero-order valence-corrected chi connectivity index (χ0v) is 22.6. The van der Waals surface area contributed by atoms with E-state index < -0.39 is 0 Å². The monoisotopic (exact) mass is 490 g/mol. The molecule has 0 rings (SSSR count). The largest absolute Gasteiger partial charge is 0.378 e. The Bertz CT molecular complexity index is 560. The first kappa shape index (κ1) is 32.9. The summed E-state index contributed by atoms with van der Waals surface area (Å²) in [6, 6.07) is 4.13. The van der Waals surface area contributed by atoms with Crippen LogP contribution in [0.4, 0.5) is 0 Å². The van der Waals surface area contributed by atoms with E-state index >= 15 is 0 Å². The molecule has 7 heteroatoms. The van der Waals surface area contributed by atoms with Crippen molar-refractivity contribution in [1.82, 2.24) is 9.80 Å². The molecule has 0 unspecified atom stereocenters. The maximum atomic E-state index is 12.4. The SMILES string of the molecule is CCCCCCCCCC(=O)N(CC#N)CCOCCN(CC#N)C(=O)CCCCCCCCC. The lowest BCUT2D eigenvalue weighted by molar-refractivity contribution is -0.131. The number of amides is 2. The van der Waals surface area contributed by atoms with Crippen LogP contribution in [0, 0.1) is 22.7 Å². The number of hydrogen-bond donors (Lipinski definition) is 0. The summed E-state index contributed by atoms with van der Waals surface area (Å²) in [5.41, 5.74) is 0. The van der Waals surface area contributed by atoms with Gasteiger partial charge in [-0.05, 0) is 12.8 Å². The van der Waals surface area contributed by atoms with Gasteiger partial charge >= 0.3 is 0 Å². The molecule has 7 nitrogen and oxygen atoms in total. The van der Waals surface area contributed by atoms with Crippen molar-refractivity contribution in [2.24, 2.45) is 0 Å². The number of nitriles is 2. The summed E-state index contributed by atoms with van der Waals surface area (Å²) in [6.45, 7) is 5.90. The minimum absolute atomic E-state index is 0.000290. The van der Waals surface area contributed by atoms with E-state index in [0.29, 0.717) is 39.1 Å². The lowest BCUT2D eigenvalue weighted by atomic mass is 10.1. The van der Waals surface area contributed by atoms with Crippen LogP contribution < -0.4 is 0 Å². The van der Waals surface area contributed by atoms with Crippen LogP contribution in [0.2, 0.25) is 0 Å². The van der Waals surface area contributed by atoms with Crippen LogP contribution in [0.25, 0.3) is 0 Å². The minimum atomic E-state index is -0.000290. The quantitative estimate of drug-likeness (QED) is 0.122. The van der Waals surface area contributed by atoms with Crippen LogP contribution in [-0.2, 0) is 14.3 Å². The number of hydrogen-bond acceptors (Lipinski definition) is 5. The van der Waals surface area contributed by atoms with E-state index in [1.54, 1.807) is 9.80 Å². The zero-order valence-electron chi connectivity index (χ0n) is 22.6. The molecule has 2 amide bonds. The van der Waals surface area contributed by atoms with Crippen molar-refractivity contribution in [2.45, 2.75) is 117 Å². The fourth-order valence-electron chi connectivity index (χ4n) is 3.99. The Morgan fingerprint density at radius 2 is 0.943 bits per heavy atom. The lowest BCUT2D eigenvalue weighted by Crippen LogP contribution is -2.36. The molecule has 0 aromatic rings. The first-order valence-corrected chi connectivity index (χ1v) is 14.0. The molecule has 0 spiro atoms. The maximum Gasteiger partial charge on any atom is 0.223 e. The Morgan fingerprint density at radius 3 is 1.29 bits per heavy atom. The van der Waals surface area contributed by atoms with Crippen molar-refractivity contribution in [3.8, 4) is 12.1 Å². The summed E-state index contributed by atoms with van der Waals surface area (Å²) in [6.07, 6.45) is 17.1. The molecule has 0 saturated heterocycles. The second kappa shape index (κ2) is 25.0. The van der Waals surface area contributed by atoms with Crippen LogP contribution in [0.3, 0.4) is 0 Å². The first-order chi connectivity index (χ1) is 17.1. The smallest absolute Gasteiger partial charge is 0.223 e. The molecule has 35 heavy (non-hydrogen) atoms. The van der Waals surface area contributed by atoms with Crippen molar-refractivity contribution in [3.05, 3.63) is 0 Å². The van der Waals surface area contributed by atoms with Crippen LogP contribution >= 0.6 is 0 Å². The van der Waals surface area contributed by atoms with Crippen molar-refractivity contribution in [1.29, 1.82) is 10.5 Å². The normalized spacial score (nSPS) is 10.5. The van der Waals surface area contributed by atoms with Crippen molar-refractivity contribution >= 4 is 11.8 Å². The summed E-state index contributed by atoms with van der Waals surface area (Å²) in [5.74, 6) is -0.000579. The fourth-order valence-corrected chi connectivity index (χ4v) is 3.99. The van der Waals surface area contributed by atoms with Gasteiger partial charge in [0, 0.05) is 25.9 Å². The van der Waals surface area contributed by atoms with Crippen molar-refractivity contribution in [3.63, 3.8) is 0 Å². The Kier molecular flexibility index (Phi) is 23.5. The highest BCUT2D eigenvalue weighted by Gasteiger charge is 2.14. The predicted molar refractivity (Wildman–Crippen MR) is 140 cm³/mol. The lowest BCUT2D eigenvalue weighted by Gasteiger charge is -2.21. The maximum absolute atomic E-state index is 12.4. The first-order valence-electron chi connectivity index (χ1n) is 14.0. The third kappa shape index (κ3) is 19.8. The highest BCUT2D eigenvalue weighted by Crippen LogP contribution is 2.11. The standard InChI is InChI=1S/C28H50N4O3/c1-3-5-7-9-11-13-15-17-27(33)31(21-19-29)23-25-35-26-24-32(22-20-30)28(34)18-16-14-12-10-8-6-4-2/h3-18,21-26H2,1-2H3. The molecular formula is C28H50N4O3. The molecule has 0 aromatic carbocycles. The van der Waals surface area contributed by atoms with Gasteiger partial charge in [-0.25, -0.2) is 0 Å². The second-order valence-electron chi connectivity index (χ2n) is 9.30. The summed E-state index contributed by atoms with van der Waals surface area (Å²) in [5, 5.41) is 18.1. The summed E-state index contributed by atoms with van der Waals surface area (Å²) >= 11 is 0. The third-order valence-corrected chi connectivity index (χ3v) is 6.23. The van der Waals surface area contributed by atoms with Gasteiger partial charge in [0.25, 0.3) is 0 Å². The molecule has 0 saturated carbocycles. The van der Waals surface area contributed by atoms with E-state index in [1.165, 1.54) is 51.4 Å². The fraction of sp³-hybridized carbons (Fsp3) is 0.857. The number of carbonyl (C=O) groups is 2. The second-order valence-corrected chi connectivity index (χ2v) is 9.30. The molecular weight excluding hydrogens is 440 g/mol. The van der Waals surface area contributed by atoms with Gasteiger partial charge in [0.2, 0.25) is 11.8 Å². The molecule has 0 aliphatic carbocycles. The molecule has 0 N–H and O–H groups in total. The van der Waals surface area contributed by atoms with E-state index in [0.717, 1.165) is 38.5 Å². The van der Waals surface area contributed by atoms with Crippen LogP contribution in [-0.4, -0.2) is 61.0 Å². The Morgan fingerprint density at radius 1 is 0.600 bits per heavy atom. The van der Waals surface area contributed by atoms with E-state index in [9.17, 15) is 9.59 Å². The summed E-state index contributed by atoms with van der Waals surface area (Å²) < 4.78 is 5.64. The van der Waals surface area contributed by atoms with Crippen LogP contribution in [0.1, 0.15) is 117 Å². The molecule has 200 valence electrons. The number of rotatable bonds is 24. The minimum Gasteiger partial charge on any atom is -0.378 e. The molecule has 0 aliphatic heterocycles. The Balaban J connectivity index is 4.10. The van der Waals surface area contributed by atoms with Crippen LogP contribution in [0.5, 0.6) is 0 Å². The number of carbonyl (C=O) groups excluding carboxylic acids is 2. The predicted octanol–water partition coefficient (Wildman–Crippen LogP) is 5.99. The number of unbranched alkanes of at least 4 members (excludes halogenated alkanes) is 12. The molecule has 0 aliphatic rings. The summed E-state index contributed by atoms with van der Waals surface area (Å²) in [4.78, 5) is 28.0. The van der Waals surface area contributed by atoms with E-state index in [4.69, 9.17) is 15.3 Å². The Labute approximate surface area is 214 Å². The molecule has 0 bridgehead atoms. The number of ether oxygens (including phenoxy) is 1. The molecule has 0 atom stereocenters. The van der Waals surface area contributed by atoms with Gasteiger partial charge in [0.1, 0.15) is 13.1 Å². The Hall–Kier alpha value is -2.12. The van der Waals surface area contributed by atoms with Gasteiger partial charge in [0.15, 0.2) is 0 Å². The summed E-state index contributed by atoms with van der Waals surface area (Å²) in [7, 11) is 0. The van der Waals surface area contributed by atoms with Gasteiger partial charge in [-0.1, -0.05) is 90.9 Å². The van der Waals surface area contributed by atoms with Crippen LogP contribution in [0.15, 0.2) is 0 Å². The van der Waals surface area contributed by atoms with E-state index in [1.807, 2.05) is 0 Å². The highest BCUT2D eigenvalue weighted by molar-refractivity contribution is 5.76.